The third-order valence-corrected chi connectivity index (χ3v) is 8.34. The van der Waals surface area contributed by atoms with Crippen LogP contribution in [0.1, 0.15) is 57.1 Å². The molecule has 0 radical (unpaired) electrons. The van der Waals surface area contributed by atoms with E-state index in [0.717, 1.165) is 56.3 Å². The van der Waals surface area contributed by atoms with Gasteiger partial charge in [0.05, 0.1) is 16.9 Å². The average Bonchev–Trinajstić information content (AvgIpc) is 3.17. The number of hydrogen-bond donors (Lipinski definition) is 1. The lowest BCUT2D eigenvalue weighted by molar-refractivity contribution is -0.144. The minimum atomic E-state index is -4.38. The molecule has 1 amide bonds. The van der Waals surface area contributed by atoms with E-state index in [9.17, 15) is 18.0 Å². The SMILES string of the molecule is CC(C)[C@]1(C(=O)N2CSc3ccc(C(F)(F)F)cc3C2)CC[C@@H](NC2CCOCC2)C1. The van der Waals surface area contributed by atoms with Crippen molar-refractivity contribution in [3.63, 3.8) is 0 Å². The first-order valence-corrected chi connectivity index (χ1v) is 12.1. The molecule has 2 aliphatic heterocycles. The van der Waals surface area contributed by atoms with E-state index in [2.05, 4.69) is 19.2 Å². The molecular weight excluding hydrogens is 425 g/mol. The van der Waals surface area contributed by atoms with E-state index in [4.69, 9.17) is 4.74 Å². The fourth-order valence-corrected chi connectivity index (χ4v) is 6.22. The van der Waals surface area contributed by atoms with Gasteiger partial charge in [-0.1, -0.05) is 13.8 Å². The number of amides is 1. The number of ether oxygens (including phenoxy) is 1. The van der Waals surface area contributed by atoms with Gasteiger partial charge >= 0.3 is 6.18 Å². The summed E-state index contributed by atoms with van der Waals surface area (Å²) in [5.41, 5.74) is -0.516. The largest absolute Gasteiger partial charge is 0.416 e. The van der Waals surface area contributed by atoms with Crippen molar-refractivity contribution >= 4 is 17.7 Å². The number of alkyl halides is 3. The molecule has 3 aliphatic rings. The summed E-state index contributed by atoms with van der Waals surface area (Å²) in [6, 6.07) is 4.61. The molecule has 8 heteroatoms. The Morgan fingerprint density at radius 3 is 2.65 bits per heavy atom. The van der Waals surface area contributed by atoms with Gasteiger partial charge in [-0.3, -0.25) is 4.79 Å². The van der Waals surface area contributed by atoms with Crippen LogP contribution >= 0.6 is 11.8 Å². The van der Waals surface area contributed by atoms with E-state index < -0.39 is 17.2 Å². The molecule has 172 valence electrons. The van der Waals surface area contributed by atoms with Gasteiger partial charge in [0.1, 0.15) is 0 Å². The van der Waals surface area contributed by atoms with E-state index in [1.165, 1.54) is 23.9 Å². The molecule has 1 aromatic carbocycles. The van der Waals surface area contributed by atoms with Crippen LogP contribution in [0.15, 0.2) is 23.1 Å². The molecule has 0 spiro atoms. The van der Waals surface area contributed by atoms with Crippen LogP contribution in [-0.2, 0) is 22.3 Å². The summed E-state index contributed by atoms with van der Waals surface area (Å²) < 4.78 is 44.9. The van der Waals surface area contributed by atoms with E-state index in [-0.39, 0.29) is 18.4 Å². The average molecular weight is 457 g/mol. The molecule has 0 unspecified atom stereocenters. The third kappa shape index (κ3) is 4.76. The van der Waals surface area contributed by atoms with Crippen LogP contribution < -0.4 is 5.32 Å². The molecule has 0 bridgehead atoms. The minimum absolute atomic E-state index is 0.0920. The number of nitrogens with one attached hydrogen (secondary N) is 1. The number of fused-ring (bicyclic) bond motifs is 1. The van der Waals surface area contributed by atoms with Gasteiger partial charge < -0.3 is 15.0 Å². The molecule has 1 saturated carbocycles. The predicted molar refractivity (Wildman–Crippen MR) is 115 cm³/mol. The number of carbonyl (C=O) groups is 1. The molecule has 2 atom stereocenters. The lowest BCUT2D eigenvalue weighted by Gasteiger charge is -2.39. The van der Waals surface area contributed by atoms with Crippen LogP contribution in [0.3, 0.4) is 0 Å². The highest BCUT2D eigenvalue weighted by atomic mass is 32.2. The van der Waals surface area contributed by atoms with Crippen molar-refractivity contribution < 1.29 is 22.7 Å². The summed E-state index contributed by atoms with van der Waals surface area (Å²) in [5, 5.41) is 3.74. The van der Waals surface area contributed by atoms with Gasteiger partial charge in [-0.05, 0) is 61.8 Å². The second kappa shape index (κ2) is 8.94. The molecule has 2 fully saturated rings. The number of rotatable bonds is 4. The van der Waals surface area contributed by atoms with Gasteiger partial charge in [0.25, 0.3) is 0 Å². The Kier molecular flexibility index (Phi) is 6.62. The topological polar surface area (TPSA) is 41.6 Å². The monoisotopic (exact) mass is 456 g/mol. The van der Waals surface area contributed by atoms with Crippen molar-refractivity contribution in [2.45, 2.75) is 75.7 Å². The van der Waals surface area contributed by atoms with Gasteiger partial charge in [-0.25, -0.2) is 0 Å². The standard InChI is InChI=1S/C23H31F3N2O2S/c1-15(2)22(8-5-19(12-22)27-18-6-9-30-10-7-18)21(29)28-13-16-11-17(23(24,25)26)3-4-20(16)31-14-28/h3-4,11,15,18-19,27H,5-10,12-14H2,1-2H3/t19-,22+/m1/s1. The fourth-order valence-electron chi connectivity index (χ4n) is 5.25. The summed E-state index contributed by atoms with van der Waals surface area (Å²) in [6.07, 6.45) is 0.190. The van der Waals surface area contributed by atoms with Crippen molar-refractivity contribution in [3.8, 4) is 0 Å². The van der Waals surface area contributed by atoms with E-state index in [1.54, 1.807) is 4.90 Å². The first kappa shape index (κ1) is 22.9. The second-order valence-electron chi connectivity index (χ2n) is 9.40. The smallest absolute Gasteiger partial charge is 0.381 e. The Morgan fingerprint density at radius 1 is 1.23 bits per heavy atom. The maximum absolute atomic E-state index is 13.7. The predicted octanol–water partition coefficient (Wildman–Crippen LogP) is 5.06. The van der Waals surface area contributed by atoms with E-state index in [0.29, 0.717) is 23.5 Å². The number of carbonyl (C=O) groups excluding carboxylic acids is 1. The molecule has 1 aliphatic carbocycles. The number of halogens is 3. The Morgan fingerprint density at radius 2 is 1.97 bits per heavy atom. The summed E-state index contributed by atoms with van der Waals surface area (Å²) in [5.74, 6) is 0.757. The Balaban J connectivity index is 1.48. The second-order valence-corrected chi connectivity index (χ2v) is 10.4. The first-order chi connectivity index (χ1) is 14.7. The van der Waals surface area contributed by atoms with Crippen LogP contribution in [0.5, 0.6) is 0 Å². The zero-order valence-corrected chi connectivity index (χ0v) is 19.0. The molecular formula is C23H31F3N2O2S. The van der Waals surface area contributed by atoms with Crippen LogP contribution in [0, 0.1) is 11.3 Å². The highest BCUT2D eigenvalue weighted by molar-refractivity contribution is 7.99. The first-order valence-electron chi connectivity index (χ1n) is 11.1. The minimum Gasteiger partial charge on any atom is -0.381 e. The van der Waals surface area contributed by atoms with Crippen molar-refractivity contribution in [2.24, 2.45) is 11.3 Å². The number of benzene rings is 1. The van der Waals surface area contributed by atoms with E-state index in [1.807, 2.05) is 0 Å². The quantitative estimate of drug-likeness (QED) is 0.688. The number of nitrogens with zero attached hydrogens (tertiary/aromatic N) is 1. The Labute approximate surface area is 186 Å². The van der Waals surface area contributed by atoms with Crippen molar-refractivity contribution in [3.05, 3.63) is 29.3 Å². The molecule has 1 N–H and O–H groups in total. The third-order valence-electron chi connectivity index (χ3n) is 7.19. The van der Waals surface area contributed by atoms with Gasteiger partial charge in [-0.2, -0.15) is 13.2 Å². The molecule has 1 saturated heterocycles. The van der Waals surface area contributed by atoms with Crippen molar-refractivity contribution in [1.29, 1.82) is 0 Å². The number of hydrogen-bond acceptors (Lipinski definition) is 4. The van der Waals surface area contributed by atoms with Crippen molar-refractivity contribution in [1.82, 2.24) is 10.2 Å². The molecule has 0 aromatic heterocycles. The Bertz CT molecular complexity index is 811. The normalized spacial score (nSPS) is 27.5. The lowest BCUT2D eigenvalue weighted by Crippen LogP contribution is -2.48. The lowest BCUT2D eigenvalue weighted by atomic mass is 9.74. The zero-order chi connectivity index (χ0) is 22.2. The maximum atomic E-state index is 13.7. The van der Waals surface area contributed by atoms with Crippen LogP contribution in [0.25, 0.3) is 0 Å². The summed E-state index contributed by atoms with van der Waals surface area (Å²) in [6.45, 7) is 6.01. The fraction of sp³-hybridized carbons (Fsp3) is 0.696. The number of thioether (sulfide) groups is 1. The molecule has 2 heterocycles. The highest BCUT2D eigenvalue weighted by Crippen LogP contribution is 2.47. The zero-order valence-electron chi connectivity index (χ0n) is 18.1. The molecule has 1 aromatic rings. The van der Waals surface area contributed by atoms with Crippen LogP contribution in [0.2, 0.25) is 0 Å². The molecule has 4 nitrogen and oxygen atoms in total. The van der Waals surface area contributed by atoms with Gasteiger partial charge in [0.15, 0.2) is 0 Å². The summed E-state index contributed by atoms with van der Waals surface area (Å²) in [4.78, 5) is 16.3. The van der Waals surface area contributed by atoms with Gasteiger partial charge in [0, 0.05) is 36.7 Å². The summed E-state index contributed by atoms with van der Waals surface area (Å²) >= 11 is 1.45. The van der Waals surface area contributed by atoms with Crippen LogP contribution in [0.4, 0.5) is 13.2 Å². The van der Waals surface area contributed by atoms with Crippen LogP contribution in [-0.4, -0.2) is 42.0 Å². The van der Waals surface area contributed by atoms with E-state index >= 15 is 0 Å². The Hall–Kier alpha value is -1.25. The maximum Gasteiger partial charge on any atom is 0.416 e. The molecule has 31 heavy (non-hydrogen) atoms. The van der Waals surface area contributed by atoms with Crippen molar-refractivity contribution in [2.75, 3.05) is 19.1 Å². The van der Waals surface area contributed by atoms with Gasteiger partial charge in [0.2, 0.25) is 5.91 Å². The molecule has 4 rings (SSSR count). The highest BCUT2D eigenvalue weighted by Gasteiger charge is 2.50. The van der Waals surface area contributed by atoms with Gasteiger partial charge in [-0.15, -0.1) is 11.8 Å². The summed E-state index contributed by atoms with van der Waals surface area (Å²) in [7, 11) is 0.